The third-order valence-electron chi connectivity index (χ3n) is 6.27. The van der Waals surface area contributed by atoms with Crippen molar-refractivity contribution in [1.29, 1.82) is 0 Å². The summed E-state index contributed by atoms with van der Waals surface area (Å²) in [5.41, 5.74) is 0. The van der Waals surface area contributed by atoms with Crippen LogP contribution in [-0.4, -0.2) is 24.2 Å². The van der Waals surface area contributed by atoms with Crippen LogP contribution in [0.15, 0.2) is 0 Å². The standard InChI is InChI=1S/C18H42O2Si3/c1-9-17(3)13-11-15-21(5,6)23(8)19-22(7,20-23)16-12-14-18(4)10-2/h17-18H,9-16H2,1-8H3. The van der Waals surface area contributed by atoms with Gasteiger partial charge in [0.1, 0.15) is 7.59 Å². The Labute approximate surface area is 149 Å². The predicted molar refractivity (Wildman–Crippen MR) is 110 cm³/mol. The second kappa shape index (κ2) is 8.79. The number of hydrogen-bond acceptors (Lipinski definition) is 2. The van der Waals surface area contributed by atoms with Crippen LogP contribution in [0.25, 0.3) is 0 Å². The Hall–Kier alpha value is 0.571. The topological polar surface area (TPSA) is 18.5 Å². The minimum atomic E-state index is -1.83. The van der Waals surface area contributed by atoms with Gasteiger partial charge in [-0.05, 0) is 31.0 Å². The maximum Gasteiger partial charge on any atom is 0.317 e. The highest BCUT2D eigenvalue weighted by Crippen LogP contribution is 2.42. The van der Waals surface area contributed by atoms with E-state index in [-0.39, 0.29) is 0 Å². The summed E-state index contributed by atoms with van der Waals surface area (Å²) in [7, 11) is -4.97. The second-order valence-corrected chi connectivity index (χ2v) is 26.3. The van der Waals surface area contributed by atoms with Gasteiger partial charge >= 0.3 is 8.56 Å². The number of rotatable bonds is 11. The quantitative estimate of drug-likeness (QED) is 0.378. The fourth-order valence-corrected chi connectivity index (χ4v) is 26.3. The van der Waals surface area contributed by atoms with E-state index >= 15 is 0 Å². The molecule has 1 fully saturated rings. The van der Waals surface area contributed by atoms with Crippen LogP contribution >= 0.6 is 0 Å². The predicted octanol–water partition coefficient (Wildman–Crippen LogP) is 6.62. The molecule has 0 N–H and O–H groups in total. The molecule has 1 heterocycles. The van der Waals surface area contributed by atoms with E-state index < -0.39 is 24.2 Å². The summed E-state index contributed by atoms with van der Waals surface area (Å²) >= 11 is 0. The van der Waals surface area contributed by atoms with Gasteiger partial charge in [-0.2, -0.15) is 0 Å². The monoisotopic (exact) mass is 374 g/mol. The maximum atomic E-state index is 6.70. The second-order valence-electron chi connectivity index (χ2n) is 8.98. The molecule has 1 saturated heterocycles. The summed E-state index contributed by atoms with van der Waals surface area (Å²) in [5, 5.41) is 0. The van der Waals surface area contributed by atoms with Crippen molar-refractivity contribution >= 4 is 24.2 Å². The summed E-state index contributed by atoms with van der Waals surface area (Å²) in [4.78, 5) is 0. The van der Waals surface area contributed by atoms with Gasteiger partial charge in [-0.25, -0.2) is 0 Å². The molecule has 0 spiro atoms. The average molecular weight is 375 g/mol. The van der Waals surface area contributed by atoms with E-state index in [2.05, 4.69) is 53.9 Å². The lowest BCUT2D eigenvalue weighted by atomic mass is 10.0. The maximum absolute atomic E-state index is 6.70. The summed E-state index contributed by atoms with van der Waals surface area (Å²) in [6, 6.07) is 2.59. The molecule has 2 nitrogen and oxygen atoms in total. The Kier molecular flexibility index (Phi) is 8.26. The van der Waals surface area contributed by atoms with Gasteiger partial charge in [0.05, 0.1) is 0 Å². The lowest BCUT2D eigenvalue weighted by Crippen LogP contribution is -2.78. The zero-order valence-corrected chi connectivity index (χ0v) is 20.1. The first-order valence-electron chi connectivity index (χ1n) is 9.98. The minimum Gasteiger partial charge on any atom is -0.418 e. The first-order valence-corrected chi connectivity index (χ1v) is 19.0. The molecule has 1 aliphatic heterocycles. The molecule has 0 aromatic rings. The van der Waals surface area contributed by atoms with Crippen molar-refractivity contribution in [2.45, 2.75) is 104 Å². The Bertz CT molecular complexity index is 354. The smallest absolute Gasteiger partial charge is 0.317 e. The van der Waals surface area contributed by atoms with Gasteiger partial charge in [0.2, 0.25) is 0 Å². The molecule has 0 radical (unpaired) electrons. The van der Waals surface area contributed by atoms with Crippen LogP contribution in [0.1, 0.15) is 66.2 Å². The van der Waals surface area contributed by atoms with E-state index in [0.29, 0.717) is 0 Å². The highest BCUT2D eigenvalue weighted by molar-refractivity contribution is 7.40. The first-order chi connectivity index (χ1) is 10.6. The van der Waals surface area contributed by atoms with Crippen LogP contribution in [-0.2, 0) is 8.23 Å². The van der Waals surface area contributed by atoms with Gasteiger partial charge in [0.25, 0.3) is 8.08 Å². The van der Waals surface area contributed by atoms with E-state index in [9.17, 15) is 0 Å². The van der Waals surface area contributed by atoms with Crippen LogP contribution in [0.3, 0.4) is 0 Å². The molecular formula is C18H42O2Si3. The Morgan fingerprint density at radius 3 is 1.83 bits per heavy atom. The van der Waals surface area contributed by atoms with Crippen molar-refractivity contribution in [3.63, 3.8) is 0 Å². The largest absolute Gasteiger partial charge is 0.418 e. The Morgan fingerprint density at radius 1 is 0.870 bits per heavy atom. The molecule has 0 amide bonds. The zero-order valence-electron chi connectivity index (χ0n) is 17.1. The highest BCUT2D eigenvalue weighted by atomic mass is 29.3. The highest BCUT2D eigenvalue weighted by Gasteiger charge is 2.63. The van der Waals surface area contributed by atoms with Gasteiger partial charge in [-0.1, -0.05) is 85.4 Å². The molecule has 0 saturated carbocycles. The Morgan fingerprint density at radius 2 is 1.35 bits per heavy atom. The molecule has 0 bridgehead atoms. The molecule has 1 rings (SSSR count). The molecular weight excluding hydrogens is 332 g/mol. The van der Waals surface area contributed by atoms with Crippen molar-refractivity contribution in [2.24, 2.45) is 11.8 Å². The van der Waals surface area contributed by atoms with E-state index in [4.69, 9.17) is 8.23 Å². The van der Waals surface area contributed by atoms with E-state index in [1.54, 1.807) is 0 Å². The first kappa shape index (κ1) is 21.6. The molecule has 2 atom stereocenters. The molecule has 0 aromatic carbocycles. The molecule has 0 aromatic heterocycles. The normalized spacial score (nSPS) is 30.8. The summed E-state index contributed by atoms with van der Waals surface area (Å²) in [6.45, 7) is 19.0. The summed E-state index contributed by atoms with van der Waals surface area (Å²) in [6.07, 6.45) is 7.97. The van der Waals surface area contributed by atoms with Gasteiger partial charge in [-0.15, -0.1) is 0 Å². The van der Waals surface area contributed by atoms with E-state index in [1.807, 2.05) is 0 Å². The molecule has 1 aliphatic rings. The van der Waals surface area contributed by atoms with Gasteiger partial charge in [0, 0.05) is 0 Å². The van der Waals surface area contributed by atoms with Crippen molar-refractivity contribution in [1.82, 2.24) is 0 Å². The zero-order chi connectivity index (χ0) is 17.7. The summed E-state index contributed by atoms with van der Waals surface area (Å²) < 4.78 is 13.4. The molecule has 5 heteroatoms. The minimum absolute atomic E-state index is 0.850. The third kappa shape index (κ3) is 6.10. The van der Waals surface area contributed by atoms with Gasteiger partial charge < -0.3 is 8.23 Å². The van der Waals surface area contributed by atoms with Crippen LogP contribution in [0, 0.1) is 11.8 Å². The van der Waals surface area contributed by atoms with Crippen LogP contribution in [0.2, 0.25) is 38.3 Å². The van der Waals surface area contributed by atoms with E-state index in [0.717, 1.165) is 11.8 Å². The lowest BCUT2D eigenvalue weighted by Gasteiger charge is -2.56. The fraction of sp³-hybridized carbons (Fsp3) is 1.00. The van der Waals surface area contributed by atoms with Crippen LogP contribution < -0.4 is 0 Å². The Balaban J connectivity index is 2.40. The molecule has 138 valence electrons. The van der Waals surface area contributed by atoms with E-state index in [1.165, 1.54) is 50.6 Å². The third-order valence-corrected chi connectivity index (χ3v) is 28.1. The van der Waals surface area contributed by atoms with Crippen molar-refractivity contribution in [2.75, 3.05) is 0 Å². The van der Waals surface area contributed by atoms with Crippen molar-refractivity contribution in [3.8, 4) is 0 Å². The van der Waals surface area contributed by atoms with Gasteiger partial charge in [-0.3, -0.25) is 0 Å². The fourth-order valence-electron chi connectivity index (χ4n) is 3.51. The van der Waals surface area contributed by atoms with Crippen molar-refractivity contribution in [3.05, 3.63) is 0 Å². The SMILES string of the molecule is CCC(C)CCC[Si]1(C)O[Si](C)([Si](C)(C)CCCC(C)CC)O1. The molecule has 2 unspecified atom stereocenters. The summed E-state index contributed by atoms with van der Waals surface area (Å²) in [5.74, 6) is 1.72. The lowest BCUT2D eigenvalue weighted by molar-refractivity contribution is 0.238. The van der Waals surface area contributed by atoms with Crippen LogP contribution in [0.4, 0.5) is 0 Å². The molecule has 23 heavy (non-hydrogen) atoms. The van der Waals surface area contributed by atoms with Gasteiger partial charge in [0.15, 0.2) is 0 Å². The van der Waals surface area contributed by atoms with Crippen molar-refractivity contribution < 1.29 is 8.23 Å². The average Bonchev–Trinajstić information content (AvgIpc) is 2.44. The molecule has 0 aliphatic carbocycles. The van der Waals surface area contributed by atoms with Crippen LogP contribution in [0.5, 0.6) is 0 Å². The number of hydrogen-bond donors (Lipinski definition) is 0.